The third kappa shape index (κ3) is 2.53. The number of fused-ring (bicyclic) bond motifs is 1. The van der Waals surface area contributed by atoms with Gasteiger partial charge in [-0.25, -0.2) is 5.06 Å². The Morgan fingerprint density at radius 1 is 1.18 bits per heavy atom. The van der Waals surface area contributed by atoms with E-state index in [-0.39, 0.29) is 11.8 Å². The Morgan fingerprint density at radius 3 is 2.64 bits per heavy atom. The summed E-state index contributed by atoms with van der Waals surface area (Å²) in [5.74, 6) is 0.0270. The molecule has 0 fully saturated rings. The average molecular weight is 293 g/mol. The second-order valence-corrected chi connectivity index (χ2v) is 5.67. The quantitative estimate of drug-likeness (QED) is 0.843. The van der Waals surface area contributed by atoms with E-state index in [0.717, 1.165) is 27.5 Å². The van der Waals surface area contributed by atoms with Gasteiger partial charge in [0.2, 0.25) is 0 Å². The van der Waals surface area contributed by atoms with Crippen molar-refractivity contribution in [1.82, 2.24) is 0 Å². The van der Waals surface area contributed by atoms with Gasteiger partial charge in [0.05, 0.1) is 11.4 Å². The van der Waals surface area contributed by atoms with Crippen molar-refractivity contribution in [3.05, 3.63) is 65.2 Å². The molecule has 4 nitrogen and oxygen atoms in total. The first kappa shape index (κ1) is 14.5. The first-order valence-corrected chi connectivity index (χ1v) is 7.36. The third-order valence-electron chi connectivity index (χ3n) is 3.90. The van der Waals surface area contributed by atoms with Gasteiger partial charge < -0.3 is 0 Å². The molecule has 2 aromatic carbocycles. The highest BCUT2D eigenvalue weighted by Gasteiger charge is 2.24. The molecule has 0 amide bonds. The van der Waals surface area contributed by atoms with E-state index in [1.807, 2.05) is 62.4 Å². The van der Waals surface area contributed by atoms with Crippen LogP contribution in [0.5, 0.6) is 0 Å². The SMILES string of the molecule is Cc1ccc2c(c1)C(c1ccccc1)=NCC(C)C(=N)N2O. The highest BCUT2D eigenvalue weighted by molar-refractivity contribution is 6.18. The summed E-state index contributed by atoms with van der Waals surface area (Å²) in [4.78, 5) is 4.74. The van der Waals surface area contributed by atoms with E-state index in [2.05, 4.69) is 0 Å². The minimum atomic E-state index is -0.141. The van der Waals surface area contributed by atoms with E-state index in [9.17, 15) is 5.21 Å². The fraction of sp³-hybridized carbons (Fsp3) is 0.222. The lowest BCUT2D eigenvalue weighted by atomic mass is 9.96. The Labute approximate surface area is 130 Å². The number of rotatable bonds is 1. The summed E-state index contributed by atoms with van der Waals surface area (Å²) < 4.78 is 0. The molecule has 0 saturated carbocycles. The second-order valence-electron chi connectivity index (χ2n) is 5.67. The molecule has 0 radical (unpaired) electrons. The lowest BCUT2D eigenvalue weighted by Gasteiger charge is -2.27. The molecule has 3 rings (SSSR count). The predicted molar refractivity (Wildman–Crippen MR) is 89.3 cm³/mol. The van der Waals surface area contributed by atoms with Crippen LogP contribution in [0.25, 0.3) is 0 Å². The lowest BCUT2D eigenvalue weighted by molar-refractivity contribution is 0.304. The van der Waals surface area contributed by atoms with E-state index < -0.39 is 0 Å². The number of nitrogens with one attached hydrogen (secondary N) is 1. The normalized spacial score (nSPS) is 18.3. The molecular formula is C18H19N3O. The van der Waals surface area contributed by atoms with E-state index in [1.165, 1.54) is 0 Å². The number of anilines is 1. The van der Waals surface area contributed by atoms with Crippen molar-refractivity contribution in [3.8, 4) is 0 Å². The number of aliphatic imine (C=N–C) groups is 1. The standard InChI is InChI=1S/C18H19N3O/c1-12-8-9-16-15(10-12)17(14-6-4-3-5-7-14)20-11-13(2)18(19)21(16)22/h3-10,13,19,22H,11H2,1-2H3. The summed E-state index contributed by atoms with van der Waals surface area (Å²) >= 11 is 0. The number of benzene rings is 2. The Balaban J connectivity index is 2.23. The van der Waals surface area contributed by atoms with Crippen LogP contribution in [0.1, 0.15) is 23.6 Å². The zero-order valence-corrected chi connectivity index (χ0v) is 12.7. The molecule has 0 saturated heterocycles. The Hall–Kier alpha value is -2.46. The highest BCUT2D eigenvalue weighted by atomic mass is 16.5. The molecule has 2 aromatic rings. The molecule has 0 spiro atoms. The van der Waals surface area contributed by atoms with E-state index in [1.54, 1.807) is 0 Å². The minimum Gasteiger partial charge on any atom is -0.286 e. The summed E-state index contributed by atoms with van der Waals surface area (Å²) in [7, 11) is 0. The molecule has 22 heavy (non-hydrogen) atoms. The number of amidine groups is 1. The monoisotopic (exact) mass is 293 g/mol. The van der Waals surface area contributed by atoms with Crippen molar-refractivity contribution in [2.75, 3.05) is 11.6 Å². The summed E-state index contributed by atoms with van der Waals surface area (Å²) in [5, 5.41) is 19.5. The maximum atomic E-state index is 10.4. The molecule has 2 N–H and O–H groups in total. The fourth-order valence-corrected chi connectivity index (χ4v) is 2.61. The van der Waals surface area contributed by atoms with Crippen LogP contribution in [0.15, 0.2) is 53.5 Å². The number of aryl methyl sites for hydroxylation is 1. The van der Waals surface area contributed by atoms with Gasteiger partial charge in [0.1, 0.15) is 5.84 Å². The van der Waals surface area contributed by atoms with Crippen LogP contribution in [0, 0.1) is 18.3 Å². The van der Waals surface area contributed by atoms with Crippen LogP contribution in [0.2, 0.25) is 0 Å². The second kappa shape index (κ2) is 5.73. The van der Waals surface area contributed by atoms with Gasteiger partial charge in [0.25, 0.3) is 0 Å². The van der Waals surface area contributed by atoms with Gasteiger partial charge in [-0.3, -0.25) is 15.6 Å². The van der Waals surface area contributed by atoms with Crippen molar-refractivity contribution in [2.45, 2.75) is 13.8 Å². The van der Waals surface area contributed by atoms with Gasteiger partial charge in [0.15, 0.2) is 0 Å². The molecule has 4 heteroatoms. The Kier molecular flexibility index (Phi) is 3.77. The maximum absolute atomic E-state index is 10.4. The number of hydrogen-bond donors (Lipinski definition) is 2. The smallest absolute Gasteiger partial charge is 0.131 e. The Morgan fingerprint density at radius 2 is 1.91 bits per heavy atom. The third-order valence-corrected chi connectivity index (χ3v) is 3.90. The van der Waals surface area contributed by atoms with Crippen molar-refractivity contribution in [1.29, 1.82) is 5.41 Å². The van der Waals surface area contributed by atoms with Crippen LogP contribution < -0.4 is 5.06 Å². The van der Waals surface area contributed by atoms with Gasteiger partial charge in [0, 0.05) is 23.6 Å². The summed E-state index contributed by atoms with van der Waals surface area (Å²) in [6.45, 7) is 4.39. The molecule has 1 aliphatic rings. The summed E-state index contributed by atoms with van der Waals surface area (Å²) in [6, 6.07) is 15.8. The van der Waals surface area contributed by atoms with Crippen LogP contribution in [0.3, 0.4) is 0 Å². The number of nitrogens with zero attached hydrogens (tertiary/aromatic N) is 2. The molecule has 0 aliphatic carbocycles. The zero-order valence-electron chi connectivity index (χ0n) is 12.7. The first-order valence-electron chi connectivity index (χ1n) is 7.36. The van der Waals surface area contributed by atoms with Gasteiger partial charge in [-0.05, 0) is 19.1 Å². The molecular weight excluding hydrogens is 274 g/mol. The van der Waals surface area contributed by atoms with Crippen molar-refractivity contribution < 1.29 is 5.21 Å². The predicted octanol–water partition coefficient (Wildman–Crippen LogP) is 3.65. The molecule has 1 aliphatic heterocycles. The molecule has 1 unspecified atom stereocenters. The van der Waals surface area contributed by atoms with Crippen molar-refractivity contribution in [3.63, 3.8) is 0 Å². The summed E-state index contributed by atoms with van der Waals surface area (Å²) in [6.07, 6.45) is 0. The van der Waals surface area contributed by atoms with Crippen molar-refractivity contribution in [2.24, 2.45) is 10.9 Å². The topological polar surface area (TPSA) is 59.7 Å². The van der Waals surface area contributed by atoms with E-state index >= 15 is 0 Å². The van der Waals surface area contributed by atoms with Crippen LogP contribution >= 0.6 is 0 Å². The van der Waals surface area contributed by atoms with Crippen LogP contribution in [-0.2, 0) is 0 Å². The number of hydrogen-bond acceptors (Lipinski definition) is 3. The first-order chi connectivity index (χ1) is 10.6. The van der Waals surface area contributed by atoms with Gasteiger partial charge in [-0.1, -0.05) is 48.9 Å². The van der Waals surface area contributed by atoms with E-state index in [4.69, 9.17) is 10.4 Å². The minimum absolute atomic E-state index is 0.141. The van der Waals surface area contributed by atoms with Crippen LogP contribution in [-0.4, -0.2) is 23.3 Å². The Bertz CT molecular complexity index is 737. The molecule has 0 aromatic heterocycles. The van der Waals surface area contributed by atoms with Crippen molar-refractivity contribution >= 4 is 17.2 Å². The lowest BCUT2D eigenvalue weighted by Crippen LogP contribution is -2.35. The number of hydroxylamine groups is 1. The van der Waals surface area contributed by atoms with Gasteiger partial charge in [-0.2, -0.15) is 0 Å². The van der Waals surface area contributed by atoms with E-state index in [0.29, 0.717) is 12.2 Å². The molecule has 0 bridgehead atoms. The van der Waals surface area contributed by atoms with Gasteiger partial charge in [-0.15, -0.1) is 0 Å². The molecule has 1 heterocycles. The zero-order chi connectivity index (χ0) is 15.7. The highest BCUT2D eigenvalue weighted by Crippen LogP contribution is 2.27. The molecule has 112 valence electrons. The average Bonchev–Trinajstić information content (AvgIpc) is 2.54. The maximum Gasteiger partial charge on any atom is 0.131 e. The van der Waals surface area contributed by atoms with Crippen LogP contribution in [0.4, 0.5) is 5.69 Å². The largest absolute Gasteiger partial charge is 0.286 e. The fourth-order valence-electron chi connectivity index (χ4n) is 2.61. The molecule has 1 atom stereocenters. The summed E-state index contributed by atoms with van der Waals surface area (Å²) in [5.41, 5.74) is 4.42. The van der Waals surface area contributed by atoms with Gasteiger partial charge >= 0.3 is 0 Å².